The maximum atomic E-state index is 12.4. The van der Waals surface area contributed by atoms with Crippen molar-refractivity contribution in [3.8, 4) is 10.4 Å². The molecular weight excluding hydrogens is 268 g/mol. The highest BCUT2D eigenvalue weighted by Gasteiger charge is 2.09. The lowest BCUT2D eigenvalue weighted by Crippen LogP contribution is -2.19. The Morgan fingerprint density at radius 2 is 2.05 bits per heavy atom. The zero-order valence-corrected chi connectivity index (χ0v) is 12.2. The summed E-state index contributed by atoms with van der Waals surface area (Å²) in [6.07, 6.45) is 3.75. The summed E-state index contributed by atoms with van der Waals surface area (Å²) in [6, 6.07) is 12.1. The third-order valence-corrected chi connectivity index (χ3v) is 4.48. The summed E-state index contributed by atoms with van der Waals surface area (Å²) in [5.74, 6) is 0. The van der Waals surface area contributed by atoms with Gasteiger partial charge in [0.05, 0.1) is 11.8 Å². The summed E-state index contributed by atoms with van der Waals surface area (Å²) in [5, 5.41) is 0. The van der Waals surface area contributed by atoms with Crippen molar-refractivity contribution in [1.29, 1.82) is 0 Å². The summed E-state index contributed by atoms with van der Waals surface area (Å²) in [6.45, 7) is 2.87. The first-order valence-corrected chi connectivity index (χ1v) is 7.65. The Morgan fingerprint density at radius 3 is 2.80 bits per heavy atom. The van der Waals surface area contributed by atoms with Crippen LogP contribution in [0.25, 0.3) is 20.7 Å². The van der Waals surface area contributed by atoms with Gasteiger partial charge in [-0.3, -0.25) is 9.36 Å². The summed E-state index contributed by atoms with van der Waals surface area (Å²) in [5.41, 5.74) is 2.01. The van der Waals surface area contributed by atoms with Gasteiger partial charge in [0.15, 0.2) is 0 Å². The van der Waals surface area contributed by atoms with Crippen molar-refractivity contribution in [2.24, 2.45) is 0 Å². The molecule has 0 fully saturated rings. The number of hydrogen-bond donors (Lipinski definition) is 0. The van der Waals surface area contributed by atoms with E-state index >= 15 is 0 Å². The van der Waals surface area contributed by atoms with Gasteiger partial charge in [-0.1, -0.05) is 43.7 Å². The Balaban J connectivity index is 2.08. The average molecular weight is 284 g/mol. The molecule has 0 atom stereocenters. The highest BCUT2D eigenvalue weighted by atomic mass is 32.1. The van der Waals surface area contributed by atoms with Crippen LogP contribution in [0.5, 0.6) is 0 Å². The number of benzene rings is 1. The van der Waals surface area contributed by atoms with E-state index in [0.717, 1.165) is 40.0 Å². The number of aromatic nitrogens is 2. The molecule has 0 bridgehead atoms. The van der Waals surface area contributed by atoms with Gasteiger partial charge in [-0.25, -0.2) is 4.98 Å². The second-order valence-corrected chi connectivity index (χ2v) is 5.84. The van der Waals surface area contributed by atoms with Crippen molar-refractivity contribution in [2.45, 2.75) is 26.3 Å². The molecular formula is C16H16N2OS. The van der Waals surface area contributed by atoms with Gasteiger partial charge in [0.1, 0.15) is 4.70 Å². The highest BCUT2D eigenvalue weighted by Crippen LogP contribution is 2.30. The molecule has 3 rings (SSSR count). The van der Waals surface area contributed by atoms with E-state index in [9.17, 15) is 4.79 Å². The summed E-state index contributed by atoms with van der Waals surface area (Å²) >= 11 is 1.53. The van der Waals surface area contributed by atoms with E-state index in [1.807, 2.05) is 24.3 Å². The number of rotatable bonds is 4. The van der Waals surface area contributed by atoms with Crippen molar-refractivity contribution in [2.75, 3.05) is 0 Å². The van der Waals surface area contributed by atoms with E-state index in [1.165, 1.54) is 11.3 Å². The molecule has 1 aromatic carbocycles. The zero-order chi connectivity index (χ0) is 13.9. The van der Waals surface area contributed by atoms with Crippen LogP contribution in [0.3, 0.4) is 0 Å². The van der Waals surface area contributed by atoms with Crippen molar-refractivity contribution >= 4 is 21.6 Å². The second-order valence-electron chi connectivity index (χ2n) is 4.79. The van der Waals surface area contributed by atoms with Crippen LogP contribution in [0, 0.1) is 0 Å². The number of aryl methyl sites for hydroxylation is 1. The number of nitrogens with zero attached hydrogens (tertiary/aromatic N) is 2. The van der Waals surface area contributed by atoms with Gasteiger partial charge in [-0.2, -0.15) is 0 Å². The van der Waals surface area contributed by atoms with Crippen molar-refractivity contribution in [1.82, 2.24) is 9.55 Å². The van der Waals surface area contributed by atoms with Crippen molar-refractivity contribution in [3.63, 3.8) is 0 Å². The first kappa shape index (κ1) is 13.1. The third-order valence-electron chi connectivity index (χ3n) is 3.31. The molecule has 2 heterocycles. The minimum absolute atomic E-state index is 0.0793. The largest absolute Gasteiger partial charge is 0.298 e. The molecule has 0 aliphatic carbocycles. The molecule has 20 heavy (non-hydrogen) atoms. The molecule has 0 N–H and O–H groups in total. The molecule has 2 aromatic heterocycles. The number of unbranched alkanes of at least 4 members (excludes halogenated alkanes) is 1. The van der Waals surface area contributed by atoms with Gasteiger partial charge in [-0.15, -0.1) is 11.3 Å². The molecule has 0 unspecified atom stereocenters. The first-order chi connectivity index (χ1) is 9.79. The van der Waals surface area contributed by atoms with Crippen LogP contribution in [0.2, 0.25) is 0 Å². The van der Waals surface area contributed by atoms with Crippen LogP contribution in [0.4, 0.5) is 0 Å². The molecule has 0 aliphatic heterocycles. The fourth-order valence-corrected chi connectivity index (χ4v) is 3.24. The Morgan fingerprint density at radius 1 is 1.25 bits per heavy atom. The topological polar surface area (TPSA) is 34.9 Å². The lowest BCUT2D eigenvalue weighted by Gasteiger charge is -2.02. The van der Waals surface area contributed by atoms with Crippen LogP contribution < -0.4 is 5.56 Å². The van der Waals surface area contributed by atoms with E-state index < -0.39 is 0 Å². The lowest BCUT2D eigenvalue weighted by molar-refractivity contribution is 0.609. The molecule has 102 valence electrons. The molecule has 0 amide bonds. The fourth-order valence-electron chi connectivity index (χ4n) is 2.18. The standard InChI is InChI=1S/C16H16N2OS/c1-2-3-9-18-11-17-13-10-14(20-15(13)16(18)19)12-7-5-4-6-8-12/h4-8,10-11H,2-3,9H2,1H3. The Labute approximate surface area is 121 Å². The zero-order valence-electron chi connectivity index (χ0n) is 11.4. The number of fused-ring (bicyclic) bond motifs is 1. The highest BCUT2D eigenvalue weighted by molar-refractivity contribution is 7.22. The normalized spacial score (nSPS) is 11.1. The van der Waals surface area contributed by atoms with Gasteiger partial charge in [0.25, 0.3) is 5.56 Å². The Kier molecular flexibility index (Phi) is 3.65. The van der Waals surface area contributed by atoms with Gasteiger partial charge in [0, 0.05) is 11.4 Å². The monoisotopic (exact) mass is 284 g/mol. The third kappa shape index (κ3) is 2.39. The predicted molar refractivity (Wildman–Crippen MR) is 84.2 cm³/mol. The molecule has 0 saturated carbocycles. The Bertz CT molecular complexity index is 774. The van der Waals surface area contributed by atoms with E-state index in [-0.39, 0.29) is 5.56 Å². The van der Waals surface area contributed by atoms with E-state index in [4.69, 9.17) is 0 Å². The summed E-state index contributed by atoms with van der Waals surface area (Å²) in [7, 11) is 0. The quantitative estimate of drug-likeness (QED) is 0.727. The summed E-state index contributed by atoms with van der Waals surface area (Å²) in [4.78, 5) is 17.9. The minimum atomic E-state index is 0.0793. The SMILES string of the molecule is CCCCn1cnc2cc(-c3ccccc3)sc2c1=O. The fraction of sp³-hybridized carbons (Fsp3) is 0.250. The van der Waals surface area contributed by atoms with E-state index in [2.05, 4.69) is 24.0 Å². The molecule has 3 nitrogen and oxygen atoms in total. The predicted octanol–water partition coefficient (Wildman–Crippen LogP) is 3.93. The van der Waals surface area contributed by atoms with Crippen molar-refractivity contribution in [3.05, 3.63) is 53.1 Å². The van der Waals surface area contributed by atoms with E-state index in [1.54, 1.807) is 10.9 Å². The lowest BCUT2D eigenvalue weighted by atomic mass is 10.2. The smallest absolute Gasteiger partial charge is 0.271 e. The maximum absolute atomic E-state index is 12.4. The van der Waals surface area contributed by atoms with Crippen molar-refractivity contribution < 1.29 is 0 Å². The summed E-state index contributed by atoms with van der Waals surface area (Å²) < 4.78 is 2.47. The first-order valence-electron chi connectivity index (χ1n) is 6.84. The number of thiophene rings is 1. The maximum Gasteiger partial charge on any atom is 0.271 e. The van der Waals surface area contributed by atoms with Crippen LogP contribution in [0.1, 0.15) is 19.8 Å². The minimum Gasteiger partial charge on any atom is -0.298 e. The Hall–Kier alpha value is -1.94. The molecule has 0 radical (unpaired) electrons. The van der Waals surface area contributed by atoms with Crippen LogP contribution in [0.15, 0.2) is 47.5 Å². The average Bonchev–Trinajstić information content (AvgIpc) is 2.93. The van der Waals surface area contributed by atoms with Crippen LogP contribution in [-0.4, -0.2) is 9.55 Å². The molecule has 0 saturated heterocycles. The molecule has 0 aliphatic rings. The molecule has 4 heteroatoms. The van der Waals surface area contributed by atoms with Gasteiger partial charge < -0.3 is 0 Å². The van der Waals surface area contributed by atoms with Gasteiger partial charge >= 0.3 is 0 Å². The molecule has 3 aromatic rings. The van der Waals surface area contributed by atoms with Crippen LogP contribution in [-0.2, 0) is 6.54 Å². The van der Waals surface area contributed by atoms with Gasteiger partial charge in [-0.05, 0) is 18.1 Å². The molecule has 0 spiro atoms. The second kappa shape index (κ2) is 5.59. The van der Waals surface area contributed by atoms with Crippen LogP contribution >= 0.6 is 11.3 Å². The van der Waals surface area contributed by atoms with Gasteiger partial charge in [0.2, 0.25) is 0 Å². The number of hydrogen-bond acceptors (Lipinski definition) is 3. The van der Waals surface area contributed by atoms with E-state index in [0.29, 0.717) is 0 Å².